The number of carboxylic acid groups (broad SMARTS) is 1. The van der Waals surface area contributed by atoms with Crippen molar-refractivity contribution in [3.63, 3.8) is 0 Å². The third-order valence-corrected chi connectivity index (χ3v) is 8.43. The van der Waals surface area contributed by atoms with E-state index in [9.17, 15) is 27.2 Å². The summed E-state index contributed by atoms with van der Waals surface area (Å²) < 4.78 is 53.8. The summed E-state index contributed by atoms with van der Waals surface area (Å²) in [5, 5.41) is 10.3. The second-order valence-corrected chi connectivity index (χ2v) is 11.0. The standard InChI is InChI=1S/C25H29F4NO3/c26-20-8-17(3-4-24-10-13-5-14(11-24)7-15(6-13)12-24)18(16-1-2-16)9-19(20)22(31)30-21(23(32)33)25(27,28)29/h8-9,13-16,21H,1-7,10-12H2,(H,30,31)(H,32,33). The minimum absolute atomic E-state index is 0.182. The van der Waals surface area contributed by atoms with Gasteiger partial charge < -0.3 is 10.4 Å². The van der Waals surface area contributed by atoms with E-state index in [1.54, 1.807) is 0 Å². The van der Waals surface area contributed by atoms with E-state index in [4.69, 9.17) is 5.11 Å². The lowest BCUT2D eigenvalue weighted by molar-refractivity contribution is -0.178. The number of hydrogen-bond acceptors (Lipinski definition) is 2. The van der Waals surface area contributed by atoms with Crippen LogP contribution < -0.4 is 5.32 Å². The first-order valence-electron chi connectivity index (χ1n) is 12.0. The number of halogens is 4. The van der Waals surface area contributed by atoms with Gasteiger partial charge in [0.2, 0.25) is 6.04 Å². The molecule has 5 aliphatic rings. The molecule has 180 valence electrons. The highest BCUT2D eigenvalue weighted by Gasteiger charge is 2.50. The molecule has 4 nitrogen and oxygen atoms in total. The van der Waals surface area contributed by atoms with Crippen LogP contribution in [0.4, 0.5) is 17.6 Å². The van der Waals surface area contributed by atoms with Crippen LogP contribution in [-0.4, -0.2) is 29.2 Å². The maximum atomic E-state index is 14.9. The molecule has 4 bridgehead atoms. The maximum Gasteiger partial charge on any atom is 0.419 e. The molecule has 6 rings (SSSR count). The molecule has 0 heterocycles. The molecule has 2 N–H and O–H groups in total. The molecule has 0 saturated heterocycles. The van der Waals surface area contributed by atoms with Crippen LogP contribution in [0.25, 0.3) is 0 Å². The number of carbonyl (C=O) groups excluding carboxylic acids is 1. The van der Waals surface area contributed by atoms with Crippen LogP contribution in [0.5, 0.6) is 0 Å². The number of nitrogens with one attached hydrogen (secondary N) is 1. The lowest BCUT2D eigenvalue weighted by Crippen LogP contribution is -2.50. The van der Waals surface area contributed by atoms with Gasteiger partial charge in [0.1, 0.15) is 5.82 Å². The number of aryl methyl sites for hydroxylation is 1. The van der Waals surface area contributed by atoms with Crippen molar-refractivity contribution in [2.45, 2.75) is 82.3 Å². The number of aliphatic carboxylic acids is 1. The lowest BCUT2D eigenvalue weighted by Gasteiger charge is -2.57. The Kier molecular flexibility index (Phi) is 5.48. The maximum absolute atomic E-state index is 14.9. The third kappa shape index (κ3) is 4.50. The number of rotatable bonds is 7. The highest BCUT2D eigenvalue weighted by molar-refractivity contribution is 5.97. The lowest BCUT2D eigenvalue weighted by atomic mass is 9.48. The first-order valence-corrected chi connectivity index (χ1v) is 12.0. The minimum Gasteiger partial charge on any atom is -0.479 e. The van der Waals surface area contributed by atoms with Crippen LogP contribution in [0.15, 0.2) is 12.1 Å². The van der Waals surface area contributed by atoms with Crippen molar-refractivity contribution < 1.29 is 32.3 Å². The van der Waals surface area contributed by atoms with Crippen molar-refractivity contribution >= 4 is 11.9 Å². The van der Waals surface area contributed by atoms with Gasteiger partial charge in [-0.1, -0.05) is 0 Å². The Balaban J connectivity index is 1.35. The van der Waals surface area contributed by atoms with Crippen LogP contribution in [0.2, 0.25) is 0 Å². The quantitative estimate of drug-likeness (QED) is 0.513. The van der Waals surface area contributed by atoms with Crippen LogP contribution in [0.1, 0.15) is 85.2 Å². The van der Waals surface area contributed by atoms with Crippen molar-refractivity contribution in [1.82, 2.24) is 5.32 Å². The van der Waals surface area contributed by atoms with Gasteiger partial charge in [0.25, 0.3) is 5.91 Å². The summed E-state index contributed by atoms with van der Waals surface area (Å²) in [5.74, 6) is -1.85. The highest BCUT2D eigenvalue weighted by atomic mass is 19.4. The Morgan fingerprint density at radius 1 is 1.06 bits per heavy atom. The third-order valence-electron chi connectivity index (χ3n) is 8.43. The number of carboxylic acids is 1. The van der Waals surface area contributed by atoms with Crippen LogP contribution >= 0.6 is 0 Å². The van der Waals surface area contributed by atoms with Gasteiger partial charge in [-0.3, -0.25) is 4.79 Å². The normalized spacial score (nSPS) is 31.5. The fraction of sp³-hybridized carbons (Fsp3) is 0.680. The van der Waals surface area contributed by atoms with Gasteiger partial charge in [-0.2, -0.15) is 13.2 Å². The molecule has 33 heavy (non-hydrogen) atoms. The predicted molar refractivity (Wildman–Crippen MR) is 112 cm³/mol. The van der Waals surface area contributed by atoms with Gasteiger partial charge in [-0.05, 0) is 117 Å². The summed E-state index contributed by atoms with van der Waals surface area (Å²) in [6.45, 7) is 0. The fourth-order valence-electron chi connectivity index (χ4n) is 7.28. The Labute approximate surface area is 190 Å². The molecule has 1 aromatic carbocycles. The van der Waals surface area contributed by atoms with E-state index in [0.29, 0.717) is 11.8 Å². The first-order chi connectivity index (χ1) is 15.5. The van der Waals surface area contributed by atoms with Crippen LogP contribution in [0.3, 0.4) is 0 Å². The minimum atomic E-state index is -5.17. The Morgan fingerprint density at radius 2 is 1.64 bits per heavy atom. The van der Waals surface area contributed by atoms with Crippen LogP contribution in [-0.2, 0) is 11.2 Å². The molecule has 5 fully saturated rings. The molecule has 0 spiro atoms. The summed E-state index contributed by atoms with van der Waals surface area (Å²) in [7, 11) is 0. The number of alkyl halides is 3. The molecule has 1 amide bonds. The molecular weight excluding hydrogens is 438 g/mol. The van der Waals surface area contributed by atoms with Crippen molar-refractivity contribution in [3.8, 4) is 0 Å². The van der Waals surface area contributed by atoms with Gasteiger partial charge in [0.15, 0.2) is 0 Å². The monoisotopic (exact) mass is 467 g/mol. The molecule has 5 saturated carbocycles. The zero-order chi connectivity index (χ0) is 23.5. The van der Waals surface area contributed by atoms with Gasteiger partial charge in [-0.15, -0.1) is 0 Å². The predicted octanol–water partition coefficient (Wildman–Crippen LogP) is 5.60. The second kappa shape index (κ2) is 7.98. The first kappa shape index (κ1) is 22.7. The number of benzene rings is 1. The molecule has 1 aromatic rings. The van der Waals surface area contributed by atoms with Crippen molar-refractivity contribution in [1.29, 1.82) is 0 Å². The molecule has 5 aliphatic carbocycles. The number of amides is 1. The van der Waals surface area contributed by atoms with Gasteiger partial charge in [0, 0.05) is 0 Å². The highest BCUT2D eigenvalue weighted by Crippen LogP contribution is 2.61. The van der Waals surface area contributed by atoms with Gasteiger partial charge in [0.05, 0.1) is 5.56 Å². The summed E-state index contributed by atoms with van der Waals surface area (Å²) >= 11 is 0. The molecule has 8 heteroatoms. The van der Waals surface area contributed by atoms with E-state index in [1.807, 2.05) is 0 Å². The van der Waals surface area contributed by atoms with Gasteiger partial charge >= 0.3 is 12.1 Å². The molecule has 0 radical (unpaired) electrons. The average molecular weight is 468 g/mol. The largest absolute Gasteiger partial charge is 0.479 e. The number of carbonyl (C=O) groups is 2. The summed E-state index contributed by atoms with van der Waals surface area (Å²) in [4.78, 5) is 23.4. The smallest absolute Gasteiger partial charge is 0.419 e. The van der Waals surface area contributed by atoms with E-state index in [-0.39, 0.29) is 5.92 Å². The van der Waals surface area contributed by atoms with E-state index < -0.39 is 35.5 Å². The van der Waals surface area contributed by atoms with Crippen molar-refractivity contribution in [3.05, 3.63) is 34.6 Å². The molecule has 1 unspecified atom stereocenters. The van der Waals surface area contributed by atoms with Gasteiger partial charge in [-0.25, -0.2) is 9.18 Å². The zero-order valence-electron chi connectivity index (χ0n) is 18.4. The van der Waals surface area contributed by atoms with Crippen molar-refractivity contribution in [2.24, 2.45) is 23.2 Å². The SMILES string of the molecule is O=C(NC(C(=O)O)C(F)(F)F)c1cc(C2CC2)c(CCC23CC4CC(CC(C4)C2)C3)cc1F. The molecule has 1 atom stereocenters. The summed E-state index contributed by atoms with van der Waals surface area (Å²) in [5.41, 5.74) is 1.47. The average Bonchev–Trinajstić information content (AvgIpc) is 3.53. The molecular formula is C25H29F4NO3. The Hall–Kier alpha value is -2.12. The second-order valence-electron chi connectivity index (χ2n) is 11.0. The topological polar surface area (TPSA) is 66.4 Å². The summed E-state index contributed by atoms with van der Waals surface area (Å²) in [6.07, 6.45) is 6.09. The Bertz CT molecular complexity index is 934. The van der Waals surface area contributed by atoms with Crippen LogP contribution in [0, 0.1) is 29.0 Å². The van der Waals surface area contributed by atoms with E-state index in [0.717, 1.165) is 48.1 Å². The summed E-state index contributed by atoms with van der Waals surface area (Å²) in [6, 6.07) is -0.427. The van der Waals surface area contributed by atoms with Crippen molar-refractivity contribution in [2.75, 3.05) is 0 Å². The van der Waals surface area contributed by atoms with E-state index in [2.05, 4.69) is 0 Å². The van der Waals surface area contributed by atoms with E-state index in [1.165, 1.54) is 56.0 Å². The number of hydrogen-bond donors (Lipinski definition) is 2. The molecule has 0 aromatic heterocycles. The Morgan fingerprint density at radius 3 is 2.12 bits per heavy atom. The fourth-order valence-corrected chi connectivity index (χ4v) is 7.28. The van der Waals surface area contributed by atoms with E-state index >= 15 is 0 Å². The molecule has 0 aliphatic heterocycles. The zero-order valence-corrected chi connectivity index (χ0v) is 18.4.